The molecule has 0 atom stereocenters. The minimum atomic E-state index is -0.235. The first kappa shape index (κ1) is 16.2. The van der Waals surface area contributed by atoms with E-state index in [-0.39, 0.29) is 11.6 Å². The average Bonchev–Trinajstić information content (AvgIpc) is 2.59. The fourth-order valence-electron chi connectivity index (χ4n) is 2.73. The lowest BCUT2D eigenvalue weighted by Gasteiger charge is -2.10. The van der Waals surface area contributed by atoms with E-state index >= 15 is 0 Å². The van der Waals surface area contributed by atoms with Gasteiger partial charge in [0.05, 0.1) is 7.11 Å². The standard InChI is InChI=1S/C21H18F2O/c1-24-21-13-17(10-15-2-6-19(22)7-3-15)12-18(14-21)11-16-4-8-20(23)9-5-16/h2-9,12-14H,10-11H2,1H3. The molecule has 3 rings (SSSR count). The van der Waals surface area contributed by atoms with Crippen molar-refractivity contribution in [3.05, 3.63) is 101 Å². The molecule has 0 fully saturated rings. The van der Waals surface area contributed by atoms with E-state index in [0.717, 1.165) is 28.0 Å². The van der Waals surface area contributed by atoms with Crippen LogP contribution in [0.3, 0.4) is 0 Å². The van der Waals surface area contributed by atoms with Gasteiger partial charge in [-0.25, -0.2) is 8.78 Å². The third kappa shape index (κ3) is 4.19. The normalized spacial score (nSPS) is 10.6. The molecule has 0 radical (unpaired) electrons. The Bertz CT molecular complexity index is 742. The fourth-order valence-corrected chi connectivity index (χ4v) is 2.73. The van der Waals surface area contributed by atoms with E-state index in [9.17, 15) is 8.78 Å². The van der Waals surface area contributed by atoms with Gasteiger partial charge in [-0.15, -0.1) is 0 Å². The highest BCUT2D eigenvalue weighted by atomic mass is 19.1. The molecule has 0 spiro atoms. The summed E-state index contributed by atoms with van der Waals surface area (Å²) in [6.45, 7) is 0. The molecule has 3 aromatic rings. The van der Waals surface area contributed by atoms with Crippen molar-refractivity contribution in [3.63, 3.8) is 0 Å². The summed E-state index contributed by atoms with van der Waals surface area (Å²) < 4.78 is 31.5. The molecule has 0 saturated carbocycles. The molecule has 0 aromatic heterocycles. The van der Waals surface area contributed by atoms with Crippen LogP contribution in [0.2, 0.25) is 0 Å². The minimum absolute atomic E-state index is 0.235. The van der Waals surface area contributed by atoms with E-state index in [1.165, 1.54) is 24.3 Å². The second-order valence-electron chi connectivity index (χ2n) is 5.80. The molecule has 0 amide bonds. The molecule has 0 aliphatic rings. The molecule has 0 N–H and O–H groups in total. The molecular formula is C21H18F2O. The van der Waals surface area contributed by atoms with Gasteiger partial charge in [0.25, 0.3) is 0 Å². The highest BCUT2D eigenvalue weighted by Gasteiger charge is 2.05. The number of benzene rings is 3. The van der Waals surface area contributed by atoms with Crippen molar-refractivity contribution in [2.24, 2.45) is 0 Å². The van der Waals surface area contributed by atoms with Gasteiger partial charge in [-0.1, -0.05) is 30.3 Å². The number of hydrogen-bond acceptors (Lipinski definition) is 1. The third-order valence-electron chi connectivity index (χ3n) is 3.90. The summed E-state index contributed by atoms with van der Waals surface area (Å²) in [5.41, 5.74) is 4.27. The van der Waals surface area contributed by atoms with E-state index < -0.39 is 0 Å². The lowest BCUT2D eigenvalue weighted by Crippen LogP contribution is -1.95. The molecule has 0 saturated heterocycles. The Kier molecular flexibility index (Phi) is 4.90. The maximum Gasteiger partial charge on any atom is 0.123 e. The van der Waals surface area contributed by atoms with E-state index in [1.54, 1.807) is 31.4 Å². The van der Waals surface area contributed by atoms with Crippen LogP contribution in [0.25, 0.3) is 0 Å². The van der Waals surface area contributed by atoms with Gasteiger partial charge in [0.1, 0.15) is 17.4 Å². The zero-order chi connectivity index (χ0) is 16.9. The summed E-state index contributed by atoms with van der Waals surface area (Å²) in [5.74, 6) is 0.314. The Hall–Kier alpha value is -2.68. The average molecular weight is 324 g/mol. The van der Waals surface area contributed by atoms with Crippen molar-refractivity contribution in [3.8, 4) is 5.75 Å². The largest absolute Gasteiger partial charge is 0.497 e. The summed E-state index contributed by atoms with van der Waals surface area (Å²) in [6, 6.07) is 19.1. The van der Waals surface area contributed by atoms with Crippen LogP contribution < -0.4 is 4.74 Å². The van der Waals surface area contributed by atoms with Crippen molar-refractivity contribution in [2.45, 2.75) is 12.8 Å². The Morgan fingerprint density at radius 1 is 0.625 bits per heavy atom. The second kappa shape index (κ2) is 7.26. The Morgan fingerprint density at radius 3 is 1.42 bits per heavy atom. The minimum Gasteiger partial charge on any atom is -0.497 e. The molecule has 0 unspecified atom stereocenters. The van der Waals surface area contributed by atoms with Gasteiger partial charge in [0.2, 0.25) is 0 Å². The van der Waals surface area contributed by atoms with E-state index in [2.05, 4.69) is 6.07 Å². The lowest BCUT2D eigenvalue weighted by molar-refractivity contribution is 0.414. The summed E-state index contributed by atoms with van der Waals surface area (Å²) in [6.07, 6.45) is 1.40. The van der Waals surface area contributed by atoms with Crippen LogP contribution in [0.4, 0.5) is 8.78 Å². The zero-order valence-corrected chi connectivity index (χ0v) is 13.4. The summed E-state index contributed by atoms with van der Waals surface area (Å²) in [4.78, 5) is 0. The number of ether oxygens (including phenoxy) is 1. The molecular weight excluding hydrogens is 306 g/mol. The van der Waals surface area contributed by atoms with Gasteiger partial charge in [0, 0.05) is 0 Å². The first-order chi connectivity index (χ1) is 11.6. The summed E-state index contributed by atoms with van der Waals surface area (Å²) in [5, 5.41) is 0. The van der Waals surface area contributed by atoms with E-state index in [0.29, 0.717) is 12.8 Å². The second-order valence-corrected chi connectivity index (χ2v) is 5.80. The van der Waals surface area contributed by atoms with Gasteiger partial charge in [-0.3, -0.25) is 0 Å². The maximum atomic E-state index is 13.0. The fraction of sp³-hybridized carbons (Fsp3) is 0.143. The maximum absolute atomic E-state index is 13.0. The first-order valence-corrected chi connectivity index (χ1v) is 7.78. The third-order valence-corrected chi connectivity index (χ3v) is 3.90. The van der Waals surface area contributed by atoms with Crippen molar-refractivity contribution in [2.75, 3.05) is 7.11 Å². The number of hydrogen-bond donors (Lipinski definition) is 0. The van der Waals surface area contributed by atoms with Crippen molar-refractivity contribution in [1.82, 2.24) is 0 Å². The number of rotatable bonds is 5. The molecule has 0 aliphatic heterocycles. The van der Waals surface area contributed by atoms with Crippen LogP contribution in [0.5, 0.6) is 5.75 Å². The molecule has 122 valence electrons. The van der Waals surface area contributed by atoms with Crippen molar-refractivity contribution < 1.29 is 13.5 Å². The SMILES string of the molecule is COc1cc(Cc2ccc(F)cc2)cc(Cc2ccc(F)cc2)c1. The number of halogens is 2. The molecule has 0 aliphatic carbocycles. The molecule has 24 heavy (non-hydrogen) atoms. The summed E-state index contributed by atoms with van der Waals surface area (Å²) in [7, 11) is 1.64. The van der Waals surface area contributed by atoms with Crippen LogP contribution in [-0.4, -0.2) is 7.11 Å². The predicted molar refractivity (Wildman–Crippen MR) is 91.4 cm³/mol. The summed E-state index contributed by atoms with van der Waals surface area (Å²) >= 11 is 0. The number of methoxy groups -OCH3 is 1. The molecule has 1 nitrogen and oxygen atoms in total. The van der Waals surface area contributed by atoms with Crippen LogP contribution in [0, 0.1) is 11.6 Å². The Morgan fingerprint density at radius 2 is 1.04 bits per heavy atom. The van der Waals surface area contributed by atoms with Gasteiger partial charge in [-0.05, 0) is 71.5 Å². The highest BCUT2D eigenvalue weighted by Crippen LogP contribution is 2.22. The molecule has 0 heterocycles. The lowest BCUT2D eigenvalue weighted by atomic mass is 9.98. The first-order valence-electron chi connectivity index (χ1n) is 7.78. The Balaban J connectivity index is 1.84. The quantitative estimate of drug-likeness (QED) is 0.630. The topological polar surface area (TPSA) is 9.23 Å². The smallest absolute Gasteiger partial charge is 0.123 e. The van der Waals surface area contributed by atoms with Crippen LogP contribution in [-0.2, 0) is 12.8 Å². The Labute approximate surface area is 140 Å². The van der Waals surface area contributed by atoms with Crippen LogP contribution in [0.1, 0.15) is 22.3 Å². The van der Waals surface area contributed by atoms with Crippen molar-refractivity contribution in [1.29, 1.82) is 0 Å². The van der Waals surface area contributed by atoms with Crippen molar-refractivity contribution >= 4 is 0 Å². The van der Waals surface area contributed by atoms with Crippen LogP contribution in [0.15, 0.2) is 66.7 Å². The molecule has 3 aromatic carbocycles. The van der Waals surface area contributed by atoms with Gasteiger partial charge < -0.3 is 4.74 Å². The zero-order valence-electron chi connectivity index (χ0n) is 13.4. The van der Waals surface area contributed by atoms with Gasteiger partial charge in [0.15, 0.2) is 0 Å². The molecule has 3 heteroatoms. The molecule has 0 bridgehead atoms. The van der Waals surface area contributed by atoms with Gasteiger partial charge >= 0.3 is 0 Å². The highest BCUT2D eigenvalue weighted by molar-refractivity contribution is 5.39. The van der Waals surface area contributed by atoms with E-state index in [1.807, 2.05) is 12.1 Å². The van der Waals surface area contributed by atoms with E-state index in [4.69, 9.17) is 4.74 Å². The predicted octanol–water partition coefficient (Wildman–Crippen LogP) is 5.16. The van der Waals surface area contributed by atoms with Gasteiger partial charge in [-0.2, -0.15) is 0 Å². The van der Waals surface area contributed by atoms with Crippen LogP contribution >= 0.6 is 0 Å². The monoisotopic (exact) mass is 324 g/mol.